The lowest BCUT2D eigenvalue weighted by Crippen LogP contribution is -2.33. The predicted molar refractivity (Wildman–Crippen MR) is 89.1 cm³/mol. The Morgan fingerprint density at radius 2 is 1.75 bits per heavy atom. The third kappa shape index (κ3) is 3.46. The fourth-order valence-electron chi connectivity index (χ4n) is 2.11. The molecule has 0 unspecified atom stereocenters. The number of rotatable bonds is 4. The van der Waals surface area contributed by atoms with Gasteiger partial charge in [0, 0.05) is 11.3 Å². The average Bonchev–Trinajstić information content (AvgIpc) is 2.83. The maximum absolute atomic E-state index is 13.7. The van der Waals surface area contributed by atoms with Crippen molar-refractivity contribution in [3.05, 3.63) is 70.6 Å². The second-order valence-electron chi connectivity index (χ2n) is 4.97. The number of thioether (sulfide) groups is 1. The van der Waals surface area contributed by atoms with Crippen LogP contribution in [0, 0.1) is 11.6 Å². The van der Waals surface area contributed by atoms with E-state index in [0.29, 0.717) is 5.69 Å². The third-order valence-electron chi connectivity index (χ3n) is 3.35. The van der Waals surface area contributed by atoms with Crippen LogP contribution >= 0.6 is 11.8 Å². The smallest absolute Gasteiger partial charge is 0.295 e. The number of nitrogens with zero attached hydrogens (tertiary/aromatic N) is 1. The molecule has 0 spiro atoms. The fraction of sp³-hybridized carbons (Fsp3) is 0.0588. The molecule has 7 heteroatoms. The van der Waals surface area contributed by atoms with Crippen LogP contribution in [0.1, 0.15) is 5.56 Å². The molecule has 0 saturated carbocycles. The van der Waals surface area contributed by atoms with Crippen molar-refractivity contribution in [3.8, 4) is 0 Å². The van der Waals surface area contributed by atoms with Crippen LogP contribution in [0.5, 0.6) is 0 Å². The van der Waals surface area contributed by atoms with Gasteiger partial charge in [0.1, 0.15) is 11.6 Å². The van der Waals surface area contributed by atoms with E-state index in [1.54, 1.807) is 12.1 Å². The van der Waals surface area contributed by atoms with Gasteiger partial charge in [0.2, 0.25) is 0 Å². The summed E-state index contributed by atoms with van der Waals surface area (Å²) < 4.78 is 26.5. The molecule has 122 valence electrons. The van der Waals surface area contributed by atoms with Crippen molar-refractivity contribution in [1.82, 2.24) is 4.90 Å². The van der Waals surface area contributed by atoms with Crippen LogP contribution in [-0.4, -0.2) is 22.7 Å². The lowest BCUT2D eigenvalue weighted by molar-refractivity contribution is -0.122. The van der Waals surface area contributed by atoms with Crippen molar-refractivity contribution < 1.29 is 18.4 Å². The van der Waals surface area contributed by atoms with Crippen LogP contribution in [0.3, 0.4) is 0 Å². The second kappa shape index (κ2) is 6.84. The van der Waals surface area contributed by atoms with Gasteiger partial charge in [0.15, 0.2) is 0 Å². The van der Waals surface area contributed by atoms with Gasteiger partial charge in [-0.15, -0.1) is 0 Å². The van der Waals surface area contributed by atoms with E-state index in [9.17, 15) is 18.4 Å². The molecule has 1 aliphatic heterocycles. The maximum atomic E-state index is 13.7. The molecule has 0 aromatic heterocycles. The largest absolute Gasteiger partial charge is 0.367 e. The predicted octanol–water partition coefficient (Wildman–Crippen LogP) is 4.07. The highest BCUT2D eigenvalue weighted by Gasteiger charge is 2.34. The average molecular weight is 346 g/mol. The zero-order valence-corrected chi connectivity index (χ0v) is 13.1. The van der Waals surface area contributed by atoms with Gasteiger partial charge in [-0.3, -0.25) is 14.5 Å². The molecule has 0 aliphatic carbocycles. The van der Waals surface area contributed by atoms with E-state index < -0.39 is 17.0 Å². The fourth-order valence-corrected chi connectivity index (χ4v) is 2.94. The van der Waals surface area contributed by atoms with E-state index in [2.05, 4.69) is 5.32 Å². The Kier molecular flexibility index (Phi) is 4.61. The molecule has 2 amide bonds. The number of hydrogen-bond acceptors (Lipinski definition) is 4. The molecule has 3 rings (SSSR count). The number of imide groups is 1. The first-order valence-electron chi connectivity index (χ1n) is 7.04. The minimum atomic E-state index is -0.497. The van der Waals surface area contributed by atoms with Crippen molar-refractivity contribution in [2.45, 2.75) is 0 Å². The van der Waals surface area contributed by atoms with Crippen LogP contribution < -0.4 is 5.32 Å². The summed E-state index contributed by atoms with van der Waals surface area (Å²) >= 11 is 0.755. The minimum Gasteiger partial charge on any atom is -0.367 e. The van der Waals surface area contributed by atoms with Crippen molar-refractivity contribution in [2.75, 3.05) is 12.0 Å². The van der Waals surface area contributed by atoms with Crippen molar-refractivity contribution in [1.29, 1.82) is 0 Å². The summed E-state index contributed by atoms with van der Waals surface area (Å²) in [4.78, 5) is 25.5. The molecular formula is C17H12F2N2O2S. The Morgan fingerprint density at radius 3 is 2.46 bits per heavy atom. The molecule has 24 heavy (non-hydrogen) atoms. The molecular weight excluding hydrogens is 334 g/mol. The minimum absolute atomic E-state index is 0.0507. The number of amides is 2. The highest BCUT2D eigenvalue weighted by Crippen LogP contribution is 2.32. The number of hydrogen-bond donors (Lipinski definition) is 1. The third-order valence-corrected chi connectivity index (χ3v) is 4.26. The molecule has 1 saturated heterocycles. The van der Waals surface area contributed by atoms with E-state index in [1.165, 1.54) is 42.5 Å². The first-order chi connectivity index (χ1) is 11.5. The van der Waals surface area contributed by atoms with E-state index in [-0.39, 0.29) is 23.0 Å². The Morgan fingerprint density at radius 1 is 1.04 bits per heavy atom. The molecule has 4 nitrogen and oxygen atoms in total. The summed E-state index contributed by atoms with van der Waals surface area (Å²) in [6.07, 6.45) is 1.36. The van der Waals surface area contributed by atoms with Gasteiger partial charge in [-0.05, 0) is 48.2 Å². The molecule has 0 bridgehead atoms. The lowest BCUT2D eigenvalue weighted by atomic mass is 10.2. The number of nitrogens with one attached hydrogen (secondary N) is 1. The summed E-state index contributed by atoms with van der Waals surface area (Å²) in [5.74, 6) is -1.34. The zero-order valence-electron chi connectivity index (χ0n) is 12.3. The van der Waals surface area contributed by atoms with E-state index in [0.717, 1.165) is 16.7 Å². The van der Waals surface area contributed by atoms with E-state index in [1.807, 2.05) is 0 Å². The number of carbonyl (C=O) groups is 2. The van der Waals surface area contributed by atoms with Crippen LogP contribution in [0.15, 0.2) is 53.4 Å². The van der Waals surface area contributed by atoms with Gasteiger partial charge in [-0.2, -0.15) is 0 Å². The number of carbonyl (C=O) groups excluding carboxylic acids is 2. The Labute approximate surface area is 141 Å². The summed E-state index contributed by atoms with van der Waals surface area (Å²) in [5.41, 5.74) is 0.822. The van der Waals surface area contributed by atoms with Crippen molar-refractivity contribution in [3.63, 3.8) is 0 Å². The number of anilines is 1. The molecule has 2 aromatic rings. The van der Waals surface area contributed by atoms with Gasteiger partial charge in [0.25, 0.3) is 11.1 Å². The molecule has 0 radical (unpaired) electrons. The summed E-state index contributed by atoms with van der Waals surface area (Å²) in [7, 11) is 0. The maximum Gasteiger partial charge on any atom is 0.295 e. The van der Waals surface area contributed by atoms with Gasteiger partial charge < -0.3 is 5.32 Å². The van der Waals surface area contributed by atoms with Gasteiger partial charge in [0.05, 0.1) is 11.6 Å². The summed E-state index contributed by atoms with van der Waals surface area (Å²) in [6.45, 7) is -0.0507. The Bertz CT molecular complexity index is 822. The first kappa shape index (κ1) is 16.2. The van der Waals surface area contributed by atoms with Crippen LogP contribution in [-0.2, 0) is 4.79 Å². The Hall–Kier alpha value is -2.67. The standard InChI is InChI=1S/C17H12F2N2O2S/c18-12-5-7-13(8-6-12)20-10-21-16(22)15(24-17(21)23)9-11-3-1-2-4-14(11)19/h1-9,20H,10H2/b15-9+. The molecule has 1 N–H and O–H groups in total. The van der Waals surface area contributed by atoms with Crippen molar-refractivity contribution >= 4 is 34.7 Å². The van der Waals surface area contributed by atoms with Crippen LogP contribution in [0.4, 0.5) is 19.3 Å². The van der Waals surface area contributed by atoms with Crippen molar-refractivity contribution in [2.24, 2.45) is 0 Å². The monoisotopic (exact) mass is 346 g/mol. The topological polar surface area (TPSA) is 49.4 Å². The van der Waals surface area contributed by atoms with Gasteiger partial charge in [-0.1, -0.05) is 18.2 Å². The first-order valence-corrected chi connectivity index (χ1v) is 7.85. The SMILES string of the molecule is O=C1S/C(=C/c2ccccc2F)C(=O)N1CNc1ccc(F)cc1. The summed E-state index contributed by atoms with van der Waals surface area (Å²) in [5, 5.41) is 2.43. The Balaban J connectivity index is 1.72. The van der Waals surface area contributed by atoms with E-state index in [4.69, 9.17) is 0 Å². The molecule has 1 aliphatic rings. The van der Waals surface area contributed by atoms with Gasteiger partial charge in [-0.25, -0.2) is 8.78 Å². The second-order valence-corrected chi connectivity index (χ2v) is 5.97. The number of halogens is 2. The summed E-state index contributed by atoms with van der Waals surface area (Å²) in [6, 6.07) is 11.6. The lowest BCUT2D eigenvalue weighted by Gasteiger charge is -2.14. The molecule has 0 atom stereocenters. The molecule has 2 aromatic carbocycles. The number of benzene rings is 2. The quantitative estimate of drug-likeness (QED) is 0.848. The van der Waals surface area contributed by atoms with E-state index >= 15 is 0 Å². The normalized spacial score (nSPS) is 16.1. The highest BCUT2D eigenvalue weighted by molar-refractivity contribution is 8.18. The van der Waals surface area contributed by atoms with Crippen LogP contribution in [0.25, 0.3) is 6.08 Å². The zero-order chi connectivity index (χ0) is 17.1. The molecule has 1 heterocycles. The highest BCUT2D eigenvalue weighted by atomic mass is 32.2. The van der Waals surface area contributed by atoms with Crippen LogP contribution in [0.2, 0.25) is 0 Å². The molecule has 1 fully saturated rings. The van der Waals surface area contributed by atoms with Gasteiger partial charge >= 0.3 is 0 Å².